The van der Waals surface area contributed by atoms with Gasteiger partial charge in [-0.25, -0.2) is 9.59 Å². The van der Waals surface area contributed by atoms with Crippen LogP contribution < -0.4 is 21.3 Å². The molecular formula is C47H60N4O8. The fourth-order valence-corrected chi connectivity index (χ4v) is 6.72. The number of hydrogen-bond donors (Lipinski definition) is 6. The highest BCUT2D eigenvalue weighted by atomic mass is 16.6. The highest BCUT2D eigenvalue weighted by Crippen LogP contribution is 2.25. The fourth-order valence-electron chi connectivity index (χ4n) is 6.72. The molecule has 0 aliphatic carbocycles. The van der Waals surface area contributed by atoms with Gasteiger partial charge in [0.2, 0.25) is 11.8 Å². The molecule has 0 heterocycles. The lowest BCUT2D eigenvalue weighted by Crippen LogP contribution is -2.61. The van der Waals surface area contributed by atoms with Crippen molar-refractivity contribution >= 4 is 24.0 Å². The number of rotatable bonds is 18. The van der Waals surface area contributed by atoms with Crippen molar-refractivity contribution in [2.45, 2.75) is 97.9 Å². The molecule has 6 atom stereocenters. The van der Waals surface area contributed by atoms with Gasteiger partial charge in [0, 0.05) is 12.0 Å². The van der Waals surface area contributed by atoms with E-state index in [1.54, 1.807) is 20.8 Å². The smallest absolute Gasteiger partial charge is 0.408 e. The quantitative estimate of drug-likeness (QED) is 0.0700. The lowest BCUT2D eigenvalue weighted by molar-refractivity contribution is -0.129. The Morgan fingerprint density at radius 3 is 1.17 bits per heavy atom. The highest BCUT2D eigenvalue weighted by Gasteiger charge is 2.41. The molecule has 0 aromatic heterocycles. The summed E-state index contributed by atoms with van der Waals surface area (Å²) in [5.41, 5.74) is 1.63. The number of amides is 4. The molecule has 4 aromatic rings. The number of hydrogen-bond acceptors (Lipinski definition) is 8. The summed E-state index contributed by atoms with van der Waals surface area (Å²) in [4.78, 5) is 54.6. The molecule has 6 N–H and O–H groups in total. The van der Waals surface area contributed by atoms with E-state index in [1.165, 1.54) is 0 Å². The number of carbonyl (C=O) groups is 4. The van der Waals surface area contributed by atoms with Crippen molar-refractivity contribution in [3.63, 3.8) is 0 Å². The first-order valence-corrected chi connectivity index (χ1v) is 20.0. The van der Waals surface area contributed by atoms with Gasteiger partial charge in [0.25, 0.3) is 0 Å². The first-order valence-electron chi connectivity index (χ1n) is 20.0. The second-order valence-electron chi connectivity index (χ2n) is 17.0. The van der Waals surface area contributed by atoms with Crippen molar-refractivity contribution in [3.8, 4) is 0 Å². The summed E-state index contributed by atoms with van der Waals surface area (Å²) in [6.45, 7) is 10.3. The number of aliphatic hydroxyl groups excluding tert-OH is 2. The predicted molar refractivity (Wildman–Crippen MR) is 227 cm³/mol. The van der Waals surface area contributed by atoms with Crippen molar-refractivity contribution in [2.75, 3.05) is 6.61 Å². The van der Waals surface area contributed by atoms with Gasteiger partial charge in [0.05, 0.1) is 18.8 Å². The van der Waals surface area contributed by atoms with Crippen LogP contribution in [0.5, 0.6) is 0 Å². The lowest BCUT2D eigenvalue weighted by Gasteiger charge is -2.38. The first-order chi connectivity index (χ1) is 28.0. The Bertz CT molecular complexity index is 1900. The van der Waals surface area contributed by atoms with E-state index >= 15 is 0 Å². The molecule has 0 aliphatic rings. The van der Waals surface area contributed by atoms with Crippen LogP contribution in [-0.4, -0.2) is 71.1 Å². The third kappa shape index (κ3) is 14.9. The van der Waals surface area contributed by atoms with Crippen molar-refractivity contribution < 1.29 is 38.9 Å². The molecule has 0 aliphatic heterocycles. The van der Waals surface area contributed by atoms with Crippen LogP contribution in [0.1, 0.15) is 63.8 Å². The zero-order valence-electron chi connectivity index (χ0n) is 34.9. The lowest BCUT2D eigenvalue weighted by atomic mass is 9.82. The topological polar surface area (TPSA) is 175 Å². The molecule has 4 rings (SSSR count). The van der Waals surface area contributed by atoms with Crippen LogP contribution in [0.15, 0.2) is 121 Å². The molecule has 316 valence electrons. The molecule has 0 radical (unpaired) electrons. The minimum atomic E-state index is -1.42. The Morgan fingerprint density at radius 2 is 0.831 bits per heavy atom. The van der Waals surface area contributed by atoms with Crippen LogP contribution >= 0.6 is 0 Å². The van der Waals surface area contributed by atoms with Crippen molar-refractivity contribution in [1.29, 1.82) is 0 Å². The number of aliphatic hydroxyl groups is 2. The first kappa shape index (κ1) is 46.0. The predicted octanol–water partition coefficient (Wildman–Crippen LogP) is 6.09. The van der Waals surface area contributed by atoms with E-state index in [-0.39, 0.29) is 26.1 Å². The van der Waals surface area contributed by atoms with E-state index in [0.29, 0.717) is 0 Å². The van der Waals surface area contributed by atoms with Gasteiger partial charge in [-0.2, -0.15) is 0 Å². The van der Waals surface area contributed by atoms with Crippen LogP contribution in [0.4, 0.5) is 9.59 Å². The van der Waals surface area contributed by atoms with Gasteiger partial charge in [-0.05, 0) is 45.9 Å². The highest BCUT2D eigenvalue weighted by molar-refractivity contribution is 5.87. The molecule has 0 saturated carbocycles. The van der Waals surface area contributed by atoms with Crippen LogP contribution in [0.3, 0.4) is 0 Å². The molecule has 0 saturated heterocycles. The Balaban J connectivity index is 1.60. The Labute approximate surface area is 348 Å². The number of nitrogens with one attached hydrogen (secondary N) is 4. The van der Waals surface area contributed by atoms with Gasteiger partial charge in [-0.3, -0.25) is 9.59 Å². The summed E-state index contributed by atoms with van der Waals surface area (Å²) in [7, 11) is 0. The standard InChI is InChI=1S/C47H60N4O8/c1-46(2,3)40(50-44(56)58-30-34-23-15-9-16-24-34)42(54)48-37(27-32-19-11-7-12-20-32)36(29-52)39(53)38(28-33-21-13-8-14-22-33)49-43(55)41(47(4,5)6)51-45(57)59-31-35-25-17-10-18-26-35/h7-26,36-41,52-53H,27-31H2,1-6H3,(H,48,54)(H,49,55)(H,50,56)(H,51,57)/t36-,37-,38-,39+,40?,41+/m0/s1. The van der Waals surface area contributed by atoms with Crippen molar-refractivity contribution in [1.82, 2.24) is 21.3 Å². The van der Waals surface area contributed by atoms with Crippen molar-refractivity contribution in [2.24, 2.45) is 16.7 Å². The van der Waals surface area contributed by atoms with Crippen LogP contribution in [0.2, 0.25) is 0 Å². The average molecular weight is 809 g/mol. The van der Waals surface area contributed by atoms with Gasteiger partial charge >= 0.3 is 12.2 Å². The SMILES string of the molecule is CC(C)(C)C(NC(=O)OCc1ccccc1)C(=O)N[C@@H](Cc1ccccc1)[C@H](CO)[C@@H](O)[C@H](Cc1ccccc1)NC(=O)[C@@H](NC(=O)OCc1ccccc1)C(C)(C)C. The fraction of sp³-hybridized carbons (Fsp3) is 0.404. The van der Waals surface area contributed by atoms with E-state index in [0.717, 1.165) is 22.3 Å². The molecule has 4 aromatic carbocycles. The maximum atomic E-state index is 14.3. The molecule has 0 bridgehead atoms. The number of alkyl carbamates (subject to hydrolysis) is 2. The largest absolute Gasteiger partial charge is 0.445 e. The van der Waals surface area contributed by atoms with E-state index < -0.39 is 77.6 Å². The van der Waals surface area contributed by atoms with Gasteiger partial charge < -0.3 is 41.0 Å². The molecule has 0 spiro atoms. The van der Waals surface area contributed by atoms with Gasteiger partial charge in [-0.1, -0.05) is 163 Å². The van der Waals surface area contributed by atoms with E-state index in [9.17, 15) is 29.4 Å². The molecular weight excluding hydrogens is 749 g/mol. The molecule has 12 heteroatoms. The number of ether oxygens (including phenoxy) is 2. The molecule has 59 heavy (non-hydrogen) atoms. The summed E-state index contributed by atoms with van der Waals surface area (Å²) in [5, 5.41) is 34.8. The third-order valence-electron chi connectivity index (χ3n) is 10.0. The molecule has 0 fully saturated rings. The Morgan fingerprint density at radius 1 is 0.508 bits per heavy atom. The van der Waals surface area contributed by atoms with Crippen LogP contribution in [0, 0.1) is 16.7 Å². The minimum Gasteiger partial charge on any atom is -0.445 e. The average Bonchev–Trinajstić information content (AvgIpc) is 3.21. The summed E-state index contributed by atoms with van der Waals surface area (Å²) in [6.07, 6.45) is -2.62. The monoisotopic (exact) mass is 808 g/mol. The van der Waals surface area contributed by atoms with E-state index in [4.69, 9.17) is 9.47 Å². The summed E-state index contributed by atoms with van der Waals surface area (Å²) < 4.78 is 10.9. The van der Waals surface area contributed by atoms with Crippen LogP contribution in [-0.2, 0) is 45.1 Å². The maximum absolute atomic E-state index is 14.3. The van der Waals surface area contributed by atoms with Crippen LogP contribution in [0.25, 0.3) is 0 Å². The van der Waals surface area contributed by atoms with Gasteiger partial charge in [0.15, 0.2) is 0 Å². The summed E-state index contributed by atoms with van der Waals surface area (Å²) in [5.74, 6) is -2.13. The Kier molecular flexibility index (Phi) is 17.0. The maximum Gasteiger partial charge on any atom is 0.408 e. The zero-order valence-corrected chi connectivity index (χ0v) is 34.9. The zero-order chi connectivity index (χ0) is 43.0. The number of benzene rings is 4. The second kappa shape index (κ2) is 21.9. The number of carbonyl (C=O) groups excluding carboxylic acids is 4. The molecule has 1 unspecified atom stereocenters. The normalized spacial score (nSPS) is 14.6. The second-order valence-corrected chi connectivity index (χ2v) is 17.0. The third-order valence-corrected chi connectivity index (χ3v) is 10.0. The van der Waals surface area contributed by atoms with Gasteiger partial charge in [0.1, 0.15) is 25.3 Å². The summed E-state index contributed by atoms with van der Waals surface area (Å²) >= 11 is 0. The van der Waals surface area contributed by atoms with E-state index in [2.05, 4.69) is 21.3 Å². The molecule has 12 nitrogen and oxygen atoms in total. The van der Waals surface area contributed by atoms with Crippen molar-refractivity contribution in [3.05, 3.63) is 144 Å². The molecule has 4 amide bonds. The minimum absolute atomic E-state index is 0.00761. The Hall–Kier alpha value is -5.72. The van der Waals surface area contributed by atoms with Gasteiger partial charge in [-0.15, -0.1) is 0 Å². The summed E-state index contributed by atoms with van der Waals surface area (Å²) in [6, 6.07) is 32.9. The van der Waals surface area contributed by atoms with E-state index in [1.807, 2.05) is 142 Å².